The summed E-state index contributed by atoms with van der Waals surface area (Å²) in [5, 5.41) is 2.21. The molecule has 11 heteroatoms. The van der Waals surface area contributed by atoms with Crippen molar-refractivity contribution in [2.24, 2.45) is 0 Å². The summed E-state index contributed by atoms with van der Waals surface area (Å²) in [5.74, 6) is -1.79. The van der Waals surface area contributed by atoms with Crippen molar-refractivity contribution in [1.82, 2.24) is 16.2 Å². The highest BCUT2D eigenvalue weighted by atomic mass is 32.1. The summed E-state index contributed by atoms with van der Waals surface area (Å²) in [5.41, 5.74) is 5.42. The van der Waals surface area contributed by atoms with Gasteiger partial charge in [0.15, 0.2) is 11.7 Å². The number of rotatable bonds is 8. The summed E-state index contributed by atoms with van der Waals surface area (Å²) in [6.45, 7) is 1.90. The largest absolute Gasteiger partial charge is 0.484 e. The lowest BCUT2D eigenvalue weighted by atomic mass is 10.1. The van der Waals surface area contributed by atoms with Crippen LogP contribution >= 0.6 is 12.2 Å². The van der Waals surface area contributed by atoms with E-state index in [0.717, 1.165) is 6.42 Å². The molecule has 0 unspecified atom stereocenters. The first-order valence-corrected chi connectivity index (χ1v) is 10.2. The number of ether oxygens (including phenoxy) is 3. The number of thiocarbonyl (C=S) groups is 1. The van der Waals surface area contributed by atoms with Crippen molar-refractivity contribution in [3.05, 3.63) is 65.2 Å². The first-order valence-electron chi connectivity index (χ1n) is 9.82. The average molecular weight is 474 g/mol. The third-order valence-corrected chi connectivity index (χ3v) is 4.19. The number of amides is 2. The standard InChI is InChI=1S/C22H23N3O7S/c1-3-11-31-21(29)14-7-9-17(10-8-14)32-13-18(26)24-25-22(33)23-19(27)15-5-4-6-16(12-15)20(28)30-2/h4-10,12H,3,11,13H2,1-2H3,(H,24,26)(H2,23,25,27,33). The molecule has 0 aliphatic heterocycles. The van der Waals surface area contributed by atoms with Gasteiger partial charge in [-0.05, 0) is 61.1 Å². The molecule has 2 aromatic carbocycles. The van der Waals surface area contributed by atoms with E-state index in [1.165, 1.54) is 55.6 Å². The minimum atomic E-state index is -0.582. The molecule has 0 bridgehead atoms. The summed E-state index contributed by atoms with van der Waals surface area (Å²) >= 11 is 4.97. The molecule has 0 spiro atoms. The van der Waals surface area contributed by atoms with Gasteiger partial charge in [-0.2, -0.15) is 0 Å². The topological polar surface area (TPSA) is 132 Å². The second kappa shape index (κ2) is 12.8. The van der Waals surface area contributed by atoms with Crippen molar-refractivity contribution in [3.8, 4) is 5.75 Å². The van der Waals surface area contributed by atoms with Crippen LogP contribution < -0.4 is 20.9 Å². The van der Waals surface area contributed by atoms with E-state index in [1.807, 2.05) is 6.92 Å². The Morgan fingerprint density at radius 3 is 2.27 bits per heavy atom. The van der Waals surface area contributed by atoms with Crippen LogP contribution in [0.15, 0.2) is 48.5 Å². The maximum absolute atomic E-state index is 12.2. The van der Waals surface area contributed by atoms with Gasteiger partial charge in [0.1, 0.15) is 5.75 Å². The van der Waals surface area contributed by atoms with E-state index in [9.17, 15) is 19.2 Å². The number of carbonyl (C=O) groups is 4. The van der Waals surface area contributed by atoms with Crippen LogP contribution in [0.5, 0.6) is 5.75 Å². The van der Waals surface area contributed by atoms with Crippen LogP contribution in [0.2, 0.25) is 0 Å². The van der Waals surface area contributed by atoms with E-state index >= 15 is 0 Å². The van der Waals surface area contributed by atoms with Gasteiger partial charge in [-0.15, -0.1) is 0 Å². The maximum atomic E-state index is 12.2. The van der Waals surface area contributed by atoms with Crippen molar-refractivity contribution in [3.63, 3.8) is 0 Å². The van der Waals surface area contributed by atoms with E-state index in [-0.39, 0.29) is 22.8 Å². The van der Waals surface area contributed by atoms with Crippen LogP contribution in [-0.4, -0.2) is 49.2 Å². The van der Waals surface area contributed by atoms with Gasteiger partial charge in [0.2, 0.25) is 0 Å². The Balaban J connectivity index is 1.76. The molecular weight excluding hydrogens is 450 g/mol. The summed E-state index contributed by atoms with van der Waals surface area (Å²) in [6.07, 6.45) is 0.728. The van der Waals surface area contributed by atoms with Crippen LogP contribution in [0.25, 0.3) is 0 Å². The lowest BCUT2D eigenvalue weighted by molar-refractivity contribution is -0.123. The highest BCUT2D eigenvalue weighted by Gasteiger charge is 2.12. The Morgan fingerprint density at radius 2 is 1.61 bits per heavy atom. The van der Waals surface area contributed by atoms with Gasteiger partial charge in [0.25, 0.3) is 11.8 Å². The molecule has 0 fully saturated rings. The van der Waals surface area contributed by atoms with E-state index in [0.29, 0.717) is 17.9 Å². The average Bonchev–Trinajstić information content (AvgIpc) is 2.84. The summed E-state index contributed by atoms with van der Waals surface area (Å²) in [4.78, 5) is 47.5. The van der Waals surface area contributed by atoms with Gasteiger partial charge in [0.05, 0.1) is 24.8 Å². The highest BCUT2D eigenvalue weighted by molar-refractivity contribution is 7.80. The lowest BCUT2D eigenvalue weighted by Crippen LogP contribution is -2.49. The molecule has 3 N–H and O–H groups in total. The molecule has 2 rings (SSSR count). The normalized spacial score (nSPS) is 9.88. The van der Waals surface area contributed by atoms with Crippen LogP contribution in [0.4, 0.5) is 0 Å². The molecule has 10 nitrogen and oxygen atoms in total. The van der Waals surface area contributed by atoms with Crippen molar-refractivity contribution in [1.29, 1.82) is 0 Å². The van der Waals surface area contributed by atoms with Gasteiger partial charge in [0, 0.05) is 5.56 Å². The number of hydrogen-bond acceptors (Lipinski definition) is 8. The maximum Gasteiger partial charge on any atom is 0.338 e. The Hall–Kier alpha value is -3.99. The van der Waals surface area contributed by atoms with Crippen molar-refractivity contribution in [2.45, 2.75) is 13.3 Å². The van der Waals surface area contributed by atoms with Gasteiger partial charge < -0.3 is 14.2 Å². The number of carbonyl (C=O) groups excluding carboxylic acids is 4. The van der Waals surface area contributed by atoms with Crippen LogP contribution in [0.1, 0.15) is 44.4 Å². The molecule has 0 radical (unpaired) electrons. The molecule has 0 aliphatic rings. The molecule has 2 aromatic rings. The number of benzene rings is 2. The monoisotopic (exact) mass is 473 g/mol. The predicted molar refractivity (Wildman–Crippen MR) is 122 cm³/mol. The Bertz CT molecular complexity index is 1020. The first-order chi connectivity index (χ1) is 15.8. The SMILES string of the molecule is CCCOC(=O)c1ccc(OCC(=O)NNC(=S)NC(=O)c2cccc(C(=O)OC)c2)cc1. The molecule has 174 valence electrons. The van der Waals surface area contributed by atoms with E-state index in [4.69, 9.17) is 21.7 Å². The molecule has 0 saturated heterocycles. The molecule has 0 atom stereocenters. The molecule has 0 saturated carbocycles. The number of nitrogens with one attached hydrogen (secondary N) is 3. The molecule has 33 heavy (non-hydrogen) atoms. The molecule has 0 aliphatic carbocycles. The third kappa shape index (κ3) is 8.22. The van der Waals surface area contributed by atoms with Crippen LogP contribution in [0, 0.1) is 0 Å². The summed E-state index contributed by atoms with van der Waals surface area (Å²) < 4.78 is 15.0. The van der Waals surface area contributed by atoms with E-state index in [1.54, 1.807) is 0 Å². The Kier molecular flexibility index (Phi) is 9.78. The van der Waals surface area contributed by atoms with Crippen LogP contribution in [-0.2, 0) is 14.3 Å². The van der Waals surface area contributed by atoms with E-state index < -0.39 is 23.8 Å². The summed E-state index contributed by atoms with van der Waals surface area (Å²) in [6, 6.07) is 12.0. The first kappa shape index (κ1) is 25.3. The zero-order valence-electron chi connectivity index (χ0n) is 18.0. The Labute approximate surface area is 195 Å². The zero-order valence-corrected chi connectivity index (χ0v) is 18.8. The molecule has 0 heterocycles. The quantitative estimate of drug-likeness (QED) is 0.298. The van der Waals surface area contributed by atoms with Gasteiger partial charge in [-0.1, -0.05) is 13.0 Å². The minimum Gasteiger partial charge on any atom is -0.484 e. The number of methoxy groups -OCH3 is 1. The lowest BCUT2D eigenvalue weighted by Gasteiger charge is -2.12. The van der Waals surface area contributed by atoms with Gasteiger partial charge in [-0.3, -0.25) is 25.8 Å². The van der Waals surface area contributed by atoms with Gasteiger partial charge in [-0.25, -0.2) is 9.59 Å². The third-order valence-electron chi connectivity index (χ3n) is 3.99. The summed E-state index contributed by atoms with van der Waals surface area (Å²) in [7, 11) is 1.24. The van der Waals surface area contributed by atoms with Gasteiger partial charge >= 0.3 is 11.9 Å². The highest BCUT2D eigenvalue weighted by Crippen LogP contribution is 2.13. The second-order valence-corrected chi connectivity index (χ2v) is 6.89. The Morgan fingerprint density at radius 1 is 0.909 bits per heavy atom. The molecule has 0 aromatic heterocycles. The predicted octanol–water partition coefficient (Wildman–Crippen LogP) is 1.75. The zero-order chi connectivity index (χ0) is 24.2. The second-order valence-electron chi connectivity index (χ2n) is 6.48. The van der Waals surface area contributed by atoms with Crippen molar-refractivity contribution < 1.29 is 33.4 Å². The van der Waals surface area contributed by atoms with Crippen molar-refractivity contribution >= 4 is 41.1 Å². The van der Waals surface area contributed by atoms with Crippen LogP contribution in [0.3, 0.4) is 0 Å². The van der Waals surface area contributed by atoms with E-state index in [2.05, 4.69) is 20.9 Å². The fourth-order valence-corrected chi connectivity index (χ4v) is 2.53. The molecular formula is C22H23N3O7S. The number of esters is 2. The van der Waals surface area contributed by atoms with Crippen molar-refractivity contribution in [2.75, 3.05) is 20.3 Å². The number of hydrogen-bond donors (Lipinski definition) is 3. The smallest absolute Gasteiger partial charge is 0.338 e. The minimum absolute atomic E-state index is 0.160. The number of hydrazine groups is 1. The molecule has 2 amide bonds. The fourth-order valence-electron chi connectivity index (χ4n) is 2.39. The fraction of sp³-hybridized carbons (Fsp3) is 0.227.